The minimum Gasteiger partial charge on any atom is -0.463 e. The lowest BCUT2D eigenvalue weighted by molar-refractivity contribution is 0.103. The zero-order valence-corrected chi connectivity index (χ0v) is 12.4. The predicted molar refractivity (Wildman–Crippen MR) is 85.3 cm³/mol. The van der Waals surface area contributed by atoms with E-state index < -0.39 is 0 Å². The van der Waals surface area contributed by atoms with Crippen LogP contribution in [0.5, 0.6) is 0 Å². The number of ketones is 1. The number of hydrogen-bond donors (Lipinski definition) is 1. The first kappa shape index (κ1) is 15.2. The molecular formula is C15H15N3O2S. The van der Waals surface area contributed by atoms with Gasteiger partial charge in [0.05, 0.1) is 11.2 Å². The van der Waals surface area contributed by atoms with Gasteiger partial charge in [-0.15, -0.1) is 11.8 Å². The summed E-state index contributed by atoms with van der Waals surface area (Å²) >= 11 is 1.34. The zero-order chi connectivity index (χ0) is 15.1. The molecule has 0 aromatic carbocycles. The van der Waals surface area contributed by atoms with Crippen molar-refractivity contribution in [1.82, 2.24) is 10.3 Å². The molecule has 0 saturated carbocycles. The van der Waals surface area contributed by atoms with Crippen LogP contribution in [0.15, 0.2) is 57.1 Å². The molecule has 2 aromatic heterocycles. The SMILES string of the molecule is C=N/C(=C(\SCNC)C(=O)c1ccccn1)c1ccco1. The van der Waals surface area contributed by atoms with E-state index in [4.69, 9.17) is 4.42 Å². The second-order valence-electron chi connectivity index (χ2n) is 4.00. The topological polar surface area (TPSA) is 67.5 Å². The second kappa shape index (κ2) is 7.56. The Morgan fingerprint density at radius 3 is 2.86 bits per heavy atom. The van der Waals surface area contributed by atoms with Crippen molar-refractivity contribution in [2.24, 2.45) is 4.99 Å². The van der Waals surface area contributed by atoms with Gasteiger partial charge in [0.2, 0.25) is 5.78 Å². The van der Waals surface area contributed by atoms with Gasteiger partial charge in [-0.25, -0.2) is 0 Å². The van der Waals surface area contributed by atoms with Crippen LogP contribution in [-0.4, -0.2) is 30.4 Å². The zero-order valence-electron chi connectivity index (χ0n) is 11.6. The first-order valence-corrected chi connectivity index (χ1v) is 7.24. The summed E-state index contributed by atoms with van der Waals surface area (Å²) in [6.07, 6.45) is 3.12. The summed E-state index contributed by atoms with van der Waals surface area (Å²) in [5.74, 6) is 0.871. The number of rotatable bonds is 7. The Kier molecular flexibility index (Phi) is 5.48. The fraction of sp³-hybridized carbons (Fsp3) is 0.133. The lowest BCUT2D eigenvalue weighted by Gasteiger charge is -2.09. The summed E-state index contributed by atoms with van der Waals surface area (Å²) in [4.78, 5) is 21.2. The lowest BCUT2D eigenvalue weighted by Crippen LogP contribution is -2.10. The molecule has 5 nitrogen and oxygen atoms in total. The summed E-state index contributed by atoms with van der Waals surface area (Å²) in [6.45, 7) is 3.55. The number of nitrogens with one attached hydrogen (secondary N) is 1. The van der Waals surface area contributed by atoms with Gasteiger partial charge in [0.25, 0.3) is 0 Å². The fourth-order valence-electron chi connectivity index (χ4n) is 1.67. The first-order valence-electron chi connectivity index (χ1n) is 6.26. The number of furan rings is 1. The third-order valence-corrected chi connectivity index (χ3v) is 3.69. The molecular weight excluding hydrogens is 286 g/mol. The average molecular weight is 301 g/mol. The summed E-state index contributed by atoms with van der Waals surface area (Å²) in [7, 11) is 1.81. The maximum Gasteiger partial charge on any atom is 0.220 e. The van der Waals surface area contributed by atoms with E-state index in [1.54, 1.807) is 36.5 Å². The number of hydrogen-bond acceptors (Lipinski definition) is 6. The van der Waals surface area contributed by atoms with Crippen LogP contribution in [0.4, 0.5) is 0 Å². The van der Waals surface area contributed by atoms with Gasteiger partial charge >= 0.3 is 0 Å². The van der Waals surface area contributed by atoms with Crippen molar-refractivity contribution in [1.29, 1.82) is 0 Å². The van der Waals surface area contributed by atoms with Crippen LogP contribution in [0, 0.1) is 0 Å². The highest BCUT2D eigenvalue weighted by atomic mass is 32.2. The molecule has 0 unspecified atom stereocenters. The van der Waals surface area contributed by atoms with Crippen molar-refractivity contribution in [2.45, 2.75) is 0 Å². The molecule has 0 aliphatic heterocycles. The van der Waals surface area contributed by atoms with Gasteiger partial charge in [-0.3, -0.25) is 14.8 Å². The van der Waals surface area contributed by atoms with E-state index in [-0.39, 0.29) is 5.78 Å². The van der Waals surface area contributed by atoms with Crippen molar-refractivity contribution >= 4 is 30.0 Å². The van der Waals surface area contributed by atoms with Crippen LogP contribution in [0.1, 0.15) is 16.2 Å². The molecule has 108 valence electrons. The molecule has 0 aliphatic rings. The third-order valence-electron chi connectivity index (χ3n) is 2.59. The molecule has 0 spiro atoms. The van der Waals surface area contributed by atoms with Crippen molar-refractivity contribution in [3.05, 3.63) is 59.2 Å². The highest BCUT2D eigenvalue weighted by molar-refractivity contribution is 8.04. The maximum absolute atomic E-state index is 12.6. The van der Waals surface area contributed by atoms with E-state index in [0.717, 1.165) is 0 Å². The first-order chi connectivity index (χ1) is 10.3. The van der Waals surface area contributed by atoms with Crippen LogP contribution >= 0.6 is 11.8 Å². The molecule has 1 N–H and O–H groups in total. The maximum atomic E-state index is 12.6. The minimum absolute atomic E-state index is 0.199. The Morgan fingerprint density at radius 2 is 2.29 bits per heavy atom. The molecule has 0 aliphatic carbocycles. The number of carbonyl (C=O) groups excluding carboxylic acids is 1. The van der Waals surface area contributed by atoms with Crippen LogP contribution in [0.3, 0.4) is 0 Å². The Hall–Kier alpha value is -2.18. The van der Waals surface area contributed by atoms with Crippen molar-refractivity contribution in [2.75, 3.05) is 12.9 Å². The number of pyridine rings is 1. The summed E-state index contributed by atoms with van der Waals surface area (Å²) in [5, 5.41) is 2.99. The molecule has 6 heteroatoms. The van der Waals surface area contributed by atoms with Gasteiger partial charge in [-0.2, -0.15) is 0 Å². The number of carbonyl (C=O) groups is 1. The summed E-state index contributed by atoms with van der Waals surface area (Å²) < 4.78 is 5.34. The molecule has 0 saturated heterocycles. The number of thioether (sulfide) groups is 1. The Balaban J connectivity index is 2.46. The normalized spacial score (nSPS) is 11.9. The monoisotopic (exact) mass is 301 g/mol. The van der Waals surface area contributed by atoms with Gasteiger partial charge in [0.15, 0.2) is 5.76 Å². The van der Waals surface area contributed by atoms with Crippen molar-refractivity contribution in [3.63, 3.8) is 0 Å². The number of nitrogens with zero attached hydrogens (tertiary/aromatic N) is 2. The molecule has 21 heavy (non-hydrogen) atoms. The summed E-state index contributed by atoms with van der Waals surface area (Å²) in [5.41, 5.74) is 0.791. The average Bonchev–Trinajstić information content (AvgIpc) is 3.05. The minimum atomic E-state index is -0.199. The molecule has 0 radical (unpaired) electrons. The number of aromatic nitrogens is 1. The quantitative estimate of drug-likeness (QED) is 0.368. The van der Waals surface area contributed by atoms with Gasteiger partial charge < -0.3 is 9.73 Å². The van der Waals surface area contributed by atoms with Crippen LogP contribution in [0.2, 0.25) is 0 Å². The number of Topliss-reactive ketones (excluding diaryl/α,β-unsaturated/α-hetero) is 1. The van der Waals surface area contributed by atoms with Crippen LogP contribution in [0.25, 0.3) is 5.70 Å². The lowest BCUT2D eigenvalue weighted by atomic mass is 10.2. The molecule has 0 fully saturated rings. The Labute approximate surface area is 127 Å². The third kappa shape index (κ3) is 3.68. The number of aliphatic imine (C=N–C) groups is 1. The highest BCUT2D eigenvalue weighted by Gasteiger charge is 2.20. The van der Waals surface area contributed by atoms with E-state index >= 15 is 0 Å². The van der Waals surface area contributed by atoms with E-state index in [1.165, 1.54) is 18.0 Å². The van der Waals surface area contributed by atoms with E-state index in [1.807, 2.05) is 7.05 Å². The molecule has 2 heterocycles. The molecule has 0 bridgehead atoms. The molecule has 0 amide bonds. The standard InChI is InChI=1S/C15H15N3O2S/c1-16-10-21-15(13(17-2)12-7-5-9-20-12)14(19)11-6-3-4-8-18-11/h3-9,16H,2,10H2,1H3/b15-13-. The van der Waals surface area contributed by atoms with E-state index in [9.17, 15) is 4.79 Å². The Bertz CT molecular complexity index is 636. The van der Waals surface area contributed by atoms with Crippen molar-refractivity contribution in [3.8, 4) is 0 Å². The molecule has 2 aromatic rings. The van der Waals surface area contributed by atoms with Gasteiger partial charge in [-0.1, -0.05) is 6.07 Å². The Morgan fingerprint density at radius 1 is 1.43 bits per heavy atom. The van der Waals surface area contributed by atoms with E-state index in [2.05, 4.69) is 22.0 Å². The smallest absolute Gasteiger partial charge is 0.220 e. The van der Waals surface area contributed by atoms with Crippen LogP contribution in [-0.2, 0) is 0 Å². The summed E-state index contributed by atoms with van der Waals surface area (Å²) in [6, 6.07) is 8.70. The predicted octanol–water partition coefficient (Wildman–Crippen LogP) is 2.84. The highest BCUT2D eigenvalue weighted by Crippen LogP contribution is 2.30. The van der Waals surface area contributed by atoms with Gasteiger partial charge in [0, 0.05) is 12.1 Å². The van der Waals surface area contributed by atoms with Crippen LogP contribution < -0.4 is 5.32 Å². The number of allylic oxidation sites excluding steroid dienone is 1. The van der Waals surface area contributed by atoms with Gasteiger partial charge in [-0.05, 0) is 38.0 Å². The van der Waals surface area contributed by atoms with Crippen molar-refractivity contribution < 1.29 is 9.21 Å². The largest absolute Gasteiger partial charge is 0.463 e. The molecule has 0 atom stereocenters. The molecule has 2 rings (SSSR count). The fourth-order valence-corrected chi connectivity index (χ4v) is 2.50. The van der Waals surface area contributed by atoms with Gasteiger partial charge in [0.1, 0.15) is 11.4 Å². The second-order valence-corrected chi connectivity index (χ2v) is 4.99. The van der Waals surface area contributed by atoms with E-state index in [0.29, 0.717) is 27.9 Å².